The Balaban J connectivity index is 1.31. The average molecular weight is 949 g/mol. The molecule has 0 radical (unpaired) electrons. The van der Waals surface area contributed by atoms with Crippen molar-refractivity contribution in [2.45, 2.75) is 37.7 Å². The van der Waals surface area contributed by atoms with Gasteiger partial charge in [0.1, 0.15) is 17.2 Å². The van der Waals surface area contributed by atoms with Crippen molar-refractivity contribution in [3.63, 3.8) is 0 Å². The monoisotopic (exact) mass is 946 g/mol. The number of carbonyl (C=O) groups excluding carboxylic acids is 6. The molecular formula is C44H38Cl4N8O8. The van der Waals surface area contributed by atoms with Crippen molar-refractivity contribution in [1.29, 1.82) is 0 Å². The van der Waals surface area contributed by atoms with Gasteiger partial charge in [-0.1, -0.05) is 59.6 Å². The Bertz CT molecular complexity index is 2650. The predicted octanol–water partition coefficient (Wildman–Crippen LogP) is 10.4. The SMILES string of the molecule is COc1cc(NC(=O)C(N=Nc2cc(Cl)cc(C(=O)Nc3ccccc3CCl)c2)C(C)=O)cc(OC)c1NC(=O)C(N=Nc1cc(Cl)cc(C(=O)Nc2ccccc2CCl)c1)C(C)=O. The molecule has 2 unspecified atom stereocenters. The fourth-order valence-corrected chi connectivity index (χ4v) is 6.75. The van der Waals surface area contributed by atoms with Crippen molar-refractivity contribution >= 4 is 116 Å². The van der Waals surface area contributed by atoms with Crippen LogP contribution in [0.2, 0.25) is 10.0 Å². The number of ether oxygens (including phenoxy) is 2. The van der Waals surface area contributed by atoms with E-state index in [9.17, 15) is 28.8 Å². The molecule has 0 aliphatic heterocycles. The summed E-state index contributed by atoms with van der Waals surface area (Å²) >= 11 is 24.6. The number of methoxy groups -OCH3 is 2. The van der Waals surface area contributed by atoms with E-state index in [-0.39, 0.29) is 67.2 Å². The van der Waals surface area contributed by atoms with E-state index >= 15 is 0 Å². The lowest BCUT2D eigenvalue weighted by Gasteiger charge is -2.18. The molecule has 0 aliphatic rings. The Morgan fingerprint density at radius 3 is 1.36 bits per heavy atom. The molecule has 0 bridgehead atoms. The Kier molecular flexibility index (Phi) is 17.0. The minimum atomic E-state index is -1.68. The molecule has 5 rings (SSSR count). The van der Waals surface area contributed by atoms with Crippen LogP contribution in [0.15, 0.2) is 118 Å². The number of anilines is 4. The van der Waals surface area contributed by atoms with Crippen LogP contribution >= 0.6 is 46.4 Å². The normalized spacial score (nSPS) is 12.0. The number of Topliss-reactive ketones (excluding diaryl/α,β-unsaturated/α-hetero) is 2. The highest BCUT2D eigenvalue weighted by molar-refractivity contribution is 6.32. The van der Waals surface area contributed by atoms with Crippen LogP contribution in [-0.4, -0.2) is 61.5 Å². The topological polar surface area (TPSA) is 218 Å². The summed E-state index contributed by atoms with van der Waals surface area (Å²) in [6.07, 6.45) is 0. The van der Waals surface area contributed by atoms with Gasteiger partial charge in [-0.15, -0.1) is 23.2 Å². The second-order valence-electron chi connectivity index (χ2n) is 13.6. The number of nitrogens with one attached hydrogen (secondary N) is 4. The summed E-state index contributed by atoms with van der Waals surface area (Å²) in [6, 6.07) is 21.6. The Hall–Kier alpha value is -6.72. The van der Waals surface area contributed by atoms with Crippen molar-refractivity contribution in [3.8, 4) is 11.5 Å². The third kappa shape index (κ3) is 12.7. The summed E-state index contributed by atoms with van der Waals surface area (Å²) in [4.78, 5) is 78.6. The van der Waals surface area contributed by atoms with E-state index in [1.54, 1.807) is 48.5 Å². The van der Waals surface area contributed by atoms with E-state index in [0.717, 1.165) is 13.8 Å². The van der Waals surface area contributed by atoms with E-state index in [2.05, 4.69) is 41.7 Å². The zero-order valence-electron chi connectivity index (χ0n) is 34.4. The summed E-state index contributed by atoms with van der Waals surface area (Å²) in [5, 5.41) is 27.0. The maximum Gasteiger partial charge on any atom is 0.259 e. The van der Waals surface area contributed by atoms with Crippen LogP contribution in [0.1, 0.15) is 45.7 Å². The molecule has 64 heavy (non-hydrogen) atoms. The Morgan fingerprint density at radius 2 is 0.969 bits per heavy atom. The molecule has 0 spiro atoms. The number of amides is 4. The quantitative estimate of drug-likeness (QED) is 0.0375. The van der Waals surface area contributed by atoms with Gasteiger partial charge < -0.3 is 30.7 Å². The minimum absolute atomic E-state index is 0.0251. The fraction of sp³-hybridized carbons (Fsp3) is 0.182. The van der Waals surface area contributed by atoms with E-state index in [1.807, 2.05) is 0 Å². The highest BCUT2D eigenvalue weighted by Gasteiger charge is 2.28. The summed E-state index contributed by atoms with van der Waals surface area (Å²) < 4.78 is 11.0. The van der Waals surface area contributed by atoms with Crippen molar-refractivity contribution in [3.05, 3.63) is 129 Å². The zero-order chi connectivity index (χ0) is 46.5. The molecule has 16 nitrogen and oxygen atoms in total. The molecule has 5 aromatic rings. The summed E-state index contributed by atoms with van der Waals surface area (Å²) in [5.41, 5.74) is 2.83. The predicted molar refractivity (Wildman–Crippen MR) is 246 cm³/mol. The molecule has 20 heteroatoms. The molecule has 0 aromatic heterocycles. The van der Waals surface area contributed by atoms with E-state index in [1.165, 1.54) is 62.8 Å². The molecule has 330 valence electrons. The van der Waals surface area contributed by atoms with Gasteiger partial charge in [0, 0.05) is 62.1 Å². The Morgan fingerprint density at radius 1 is 0.562 bits per heavy atom. The van der Waals surface area contributed by atoms with Crippen molar-refractivity contribution in [2.24, 2.45) is 20.5 Å². The molecule has 0 saturated heterocycles. The number of rotatable bonds is 18. The first-order valence-corrected chi connectivity index (χ1v) is 20.7. The lowest BCUT2D eigenvalue weighted by atomic mass is 10.1. The first kappa shape index (κ1) is 48.3. The van der Waals surface area contributed by atoms with Gasteiger partial charge in [0.05, 0.1) is 25.6 Å². The van der Waals surface area contributed by atoms with Gasteiger partial charge in [0.2, 0.25) is 12.1 Å². The largest absolute Gasteiger partial charge is 0.494 e. The number of alkyl halides is 2. The van der Waals surface area contributed by atoms with Crippen molar-refractivity contribution in [1.82, 2.24) is 0 Å². The second kappa shape index (κ2) is 22.6. The first-order chi connectivity index (χ1) is 30.6. The van der Waals surface area contributed by atoms with Gasteiger partial charge in [-0.2, -0.15) is 20.5 Å². The van der Waals surface area contributed by atoms with Gasteiger partial charge in [0.25, 0.3) is 23.6 Å². The van der Waals surface area contributed by atoms with Gasteiger partial charge in [-0.25, -0.2) is 0 Å². The van der Waals surface area contributed by atoms with E-state index in [0.29, 0.717) is 22.5 Å². The van der Waals surface area contributed by atoms with Crippen molar-refractivity contribution in [2.75, 3.05) is 35.5 Å². The fourth-order valence-electron chi connectivity index (χ4n) is 5.83. The van der Waals surface area contributed by atoms with E-state index in [4.69, 9.17) is 55.9 Å². The Labute approximate surface area is 386 Å². The summed E-state index contributed by atoms with van der Waals surface area (Å²) in [6.45, 7) is 2.28. The minimum Gasteiger partial charge on any atom is -0.494 e. The number of para-hydroxylation sites is 2. The summed E-state index contributed by atoms with van der Waals surface area (Å²) in [7, 11) is 2.56. The number of ketones is 2. The first-order valence-electron chi connectivity index (χ1n) is 18.9. The van der Waals surface area contributed by atoms with Crippen LogP contribution in [0.4, 0.5) is 34.1 Å². The molecule has 0 aliphatic carbocycles. The average Bonchev–Trinajstić information content (AvgIpc) is 3.26. The molecule has 5 aromatic carbocycles. The third-order valence-electron chi connectivity index (χ3n) is 8.97. The van der Waals surface area contributed by atoms with Crippen LogP contribution < -0.4 is 30.7 Å². The van der Waals surface area contributed by atoms with Gasteiger partial charge in [-0.05, 0) is 73.5 Å². The highest BCUT2D eigenvalue weighted by atomic mass is 35.5. The van der Waals surface area contributed by atoms with Gasteiger partial charge >= 0.3 is 0 Å². The van der Waals surface area contributed by atoms with Gasteiger partial charge in [0.15, 0.2) is 11.6 Å². The van der Waals surface area contributed by atoms with Crippen LogP contribution in [-0.2, 0) is 30.9 Å². The molecule has 4 N–H and O–H groups in total. The molecular weight excluding hydrogens is 910 g/mol. The zero-order valence-corrected chi connectivity index (χ0v) is 37.4. The number of halogens is 4. The number of carbonyl (C=O) groups is 6. The maximum absolute atomic E-state index is 13.6. The molecule has 2 atom stereocenters. The molecule has 0 heterocycles. The smallest absolute Gasteiger partial charge is 0.259 e. The standard InChI is InChI=1S/C44H38Cl4N8O8/c1-23(57)38(55-53-32-15-27(13-29(47)17-32)41(59)50-34-11-7-5-9-25(34)21-45)43(61)49-31-19-36(63-3)40(37(20-31)64-4)52-44(62)39(24(2)58)56-54-33-16-28(14-30(48)18-33)42(60)51-35-12-8-6-10-26(35)22-46/h5-20,38-39H,21-22H2,1-4H3,(H,49,61)(H,50,59)(H,51,60)(H,52,62). The molecule has 0 fully saturated rings. The number of benzene rings is 5. The molecule has 4 amide bonds. The lowest BCUT2D eigenvalue weighted by Crippen LogP contribution is -2.32. The van der Waals surface area contributed by atoms with Crippen LogP contribution in [0.3, 0.4) is 0 Å². The van der Waals surface area contributed by atoms with Crippen LogP contribution in [0.25, 0.3) is 0 Å². The van der Waals surface area contributed by atoms with Crippen molar-refractivity contribution < 1.29 is 38.2 Å². The number of hydrogen-bond donors (Lipinski definition) is 4. The van der Waals surface area contributed by atoms with Crippen LogP contribution in [0.5, 0.6) is 11.5 Å². The lowest BCUT2D eigenvalue weighted by molar-refractivity contribution is -0.127. The second-order valence-corrected chi connectivity index (χ2v) is 15.0. The molecule has 0 saturated carbocycles. The number of nitrogens with zero attached hydrogens (tertiary/aromatic N) is 4. The van der Waals surface area contributed by atoms with E-state index < -0.39 is 47.3 Å². The highest BCUT2D eigenvalue weighted by Crippen LogP contribution is 2.38. The van der Waals surface area contributed by atoms with Crippen LogP contribution in [0, 0.1) is 0 Å². The number of hydrogen-bond acceptors (Lipinski definition) is 12. The third-order valence-corrected chi connectivity index (χ3v) is 9.99. The summed E-state index contributed by atoms with van der Waals surface area (Å²) in [5.74, 6) is -3.92. The van der Waals surface area contributed by atoms with Gasteiger partial charge in [-0.3, -0.25) is 28.8 Å². The maximum atomic E-state index is 13.6. The number of azo groups is 2.